The van der Waals surface area contributed by atoms with Gasteiger partial charge in [-0.25, -0.2) is 5.43 Å². The van der Waals surface area contributed by atoms with Gasteiger partial charge in [-0.2, -0.15) is 5.10 Å². The number of rotatable bonds is 5. The van der Waals surface area contributed by atoms with E-state index >= 15 is 0 Å². The summed E-state index contributed by atoms with van der Waals surface area (Å²) in [6.45, 7) is -0.491. The number of hydrogen-bond donors (Lipinski definition) is 5. The number of nitrogens with one attached hydrogen (secondary N) is 1. The summed E-state index contributed by atoms with van der Waals surface area (Å²) >= 11 is 0. The molecule has 0 aliphatic heterocycles. The molecule has 1 amide bonds. The summed E-state index contributed by atoms with van der Waals surface area (Å²) in [5.74, 6) is -1.33. The summed E-state index contributed by atoms with van der Waals surface area (Å²) in [7, 11) is 1.33. The van der Waals surface area contributed by atoms with Gasteiger partial charge in [-0.05, 0) is 12.1 Å². The third kappa shape index (κ3) is 3.83. The number of amides is 1. The van der Waals surface area contributed by atoms with Gasteiger partial charge >= 0.3 is 0 Å². The maximum absolute atomic E-state index is 11.2. The van der Waals surface area contributed by atoms with E-state index in [9.17, 15) is 15.0 Å². The summed E-state index contributed by atoms with van der Waals surface area (Å²) in [5.41, 5.74) is 7.76. The maximum Gasteiger partial charge on any atom is 0.259 e. The number of carbonyl (C=O) groups is 1. The van der Waals surface area contributed by atoms with Gasteiger partial charge in [-0.1, -0.05) is 0 Å². The van der Waals surface area contributed by atoms with Crippen molar-refractivity contribution in [2.24, 2.45) is 10.8 Å². The lowest BCUT2D eigenvalue weighted by molar-refractivity contribution is -0.123. The molecule has 0 saturated carbocycles. The Balaban J connectivity index is 2.77. The molecule has 1 rings (SSSR count). The summed E-state index contributed by atoms with van der Waals surface area (Å²) in [5, 5.41) is 31.1. The third-order valence-electron chi connectivity index (χ3n) is 2.22. The zero-order valence-corrected chi connectivity index (χ0v) is 10.2. The van der Waals surface area contributed by atoms with E-state index in [0.717, 1.165) is 0 Å². The van der Waals surface area contributed by atoms with Crippen LogP contribution in [0.4, 0.5) is 0 Å². The average Bonchev–Trinajstić information content (AvgIpc) is 2.41. The normalized spacial score (nSPS) is 12.4. The quantitative estimate of drug-likeness (QED) is 0.261. The van der Waals surface area contributed by atoms with Crippen molar-refractivity contribution in [2.75, 3.05) is 13.7 Å². The number of aromatic hydroxyl groups is 2. The number of ether oxygens (including phenoxy) is 1. The number of nitrogens with two attached hydrogens (primary N) is 1. The van der Waals surface area contributed by atoms with E-state index in [-0.39, 0.29) is 17.2 Å². The topological polar surface area (TPSA) is 137 Å². The third-order valence-corrected chi connectivity index (χ3v) is 2.22. The predicted octanol–water partition coefficient (Wildman–Crippen LogP) is -1.12. The molecule has 1 atom stereocenters. The zero-order valence-electron chi connectivity index (χ0n) is 10.2. The van der Waals surface area contributed by atoms with Crippen LogP contribution in [0.15, 0.2) is 17.2 Å². The van der Waals surface area contributed by atoms with E-state index in [1.165, 1.54) is 25.5 Å². The summed E-state index contributed by atoms with van der Waals surface area (Å²) in [4.78, 5) is 11.2. The van der Waals surface area contributed by atoms with E-state index in [4.69, 9.17) is 15.6 Å². The molecule has 1 aromatic rings. The molecule has 1 unspecified atom stereocenters. The van der Waals surface area contributed by atoms with Crippen LogP contribution in [0, 0.1) is 0 Å². The minimum atomic E-state index is -1.06. The molecule has 0 aromatic heterocycles. The second-order valence-corrected chi connectivity index (χ2v) is 3.61. The van der Waals surface area contributed by atoms with Crippen molar-refractivity contribution < 1.29 is 24.9 Å². The molecule has 1 aromatic carbocycles. The van der Waals surface area contributed by atoms with Crippen LogP contribution in [0.3, 0.4) is 0 Å². The molecule has 0 saturated heterocycles. The first-order chi connectivity index (χ1) is 8.99. The highest BCUT2D eigenvalue weighted by Gasteiger charge is 2.11. The van der Waals surface area contributed by atoms with Crippen LogP contribution in [-0.4, -0.2) is 47.2 Å². The minimum absolute atomic E-state index is 0.0693. The highest BCUT2D eigenvalue weighted by molar-refractivity contribution is 5.85. The number of hydrogen-bond acceptors (Lipinski definition) is 7. The molecule has 104 valence electrons. The highest BCUT2D eigenvalue weighted by Crippen LogP contribution is 2.35. The van der Waals surface area contributed by atoms with Crippen LogP contribution in [0.1, 0.15) is 5.56 Å². The lowest BCUT2D eigenvalue weighted by Gasteiger charge is -2.07. The Labute approximate surface area is 109 Å². The van der Waals surface area contributed by atoms with Gasteiger partial charge in [0, 0.05) is 5.56 Å². The van der Waals surface area contributed by atoms with E-state index in [0.29, 0.717) is 5.56 Å². The number of methoxy groups -OCH3 is 1. The molecule has 8 nitrogen and oxygen atoms in total. The average molecular weight is 269 g/mol. The van der Waals surface area contributed by atoms with E-state index in [2.05, 4.69) is 10.5 Å². The fraction of sp³-hybridized carbons (Fsp3) is 0.273. The second kappa shape index (κ2) is 6.57. The number of hydrazone groups is 1. The smallest absolute Gasteiger partial charge is 0.259 e. The number of phenolic OH excluding ortho intramolecular Hbond substituents is 2. The van der Waals surface area contributed by atoms with Crippen molar-refractivity contribution in [1.29, 1.82) is 0 Å². The number of carbonyl (C=O) groups excluding carboxylic acids is 1. The molecule has 6 N–H and O–H groups in total. The molecule has 0 aliphatic rings. The minimum Gasteiger partial charge on any atom is -0.504 e. The van der Waals surface area contributed by atoms with Gasteiger partial charge < -0.3 is 25.8 Å². The number of aliphatic hydroxyl groups is 1. The fourth-order valence-corrected chi connectivity index (χ4v) is 1.18. The van der Waals surface area contributed by atoms with Crippen LogP contribution in [-0.2, 0) is 4.79 Å². The molecule has 8 heteroatoms. The molecule has 0 radical (unpaired) electrons. The van der Waals surface area contributed by atoms with Crippen LogP contribution < -0.4 is 15.9 Å². The monoisotopic (exact) mass is 269 g/mol. The van der Waals surface area contributed by atoms with Gasteiger partial charge in [0.2, 0.25) is 5.75 Å². The van der Waals surface area contributed by atoms with Gasteiger partial charge in [0.05, 0.1) is 19.9 Å². The van der Waals surface area contributed by atoms with E-state index in [1.54, 1.807) is 0 Å². The van der Waals surface area contributed by atoms with E-state index in [1.807, 2.05) is 0 Å². The Kier molecular flexibility index (Phi) is 5.10. The van der Waals surface area contributed by atoms with E-state index < -0.39 is 18.6 Å². The van der Waals surface area contributed by atoms with Crippen molar-refractivity contribution >= 4 is 12.1 Å². The Morgan fingerprint density at radius 2 is 2.26 bits per heavy atom. The van der Waals surface area contributed by atoms with Crippen LogP contribution in [0.25, 0.3) is 0 Å². The first kappa shape index (κ1) is 14.7. The zero-order chi connectivity index (χ0) is 14.4. The molecule has 19 heavy (non-hydrogen) atoms. The van der Waals surface area contributed by atoms with Gasteiger partial charge in [-0.15, -0.1) is 0 Å². The Hall–Kier alpha value is -2.32. The lowest BCUT2D eigenvalue weighted by atomic mass is 10.2. The molecule has 0 heterocycles. The molecular formula is C11H15N3O5. The maximum atomic E-state index is 11.2. The molecule has 0 spiro atoms. The van der Waals surface area contributed by atoms with Crippen molar-refractivity contribution in [3.8, 4) is 17.2 Å². The Morgan fingerprint density at radius 1 is 1.58 bits per heavy atom. The second-order valence-electron chi connectivity index (χ2n) is 3.61. The van der Waals surface area contributed by atoms with Crippen LogP contribution in [0.5, 0.6) is 17.2 Å². The largest absolute Gasteiger partial charge is 0.504 e. The SMILES string of the molecule is COc1cc(C=NNC(=O)C(N)CO)cc(O)c1O. The van der Waals surface area contributed by atoms with Crippen molar-refractivity contribution in [2.45, 2.75) is 6.04 Å². The van der Waals surface area contributed by atoms with Gasteiger partial charge in [-0.3, -0.25) is 4.79 Å². The first-order valence-corrected chi connectivity index (χ1v) is 5.29. The summed E-state index contributed by atoms with van der Waals surface area (Å²) in [6.07, 6.45) is 1.23. The molecule has 0 aliphatic carbocycles. The van der Waals surface area contributed by atoms with Crippen LogP contribution in [0.2, 0.25) is 0 Å². The number of aliphatic hydroxyl groups excluding tert-OH is 1. The molecule has 0 bridgehead atoms. The Bertz CT molecular complexity index is 489. The van der Waals surface area contributed by atoms with Gasteiger partial charge in [0.1, 0.15) is 6.04 Å². The van der Waals surface area contributed by atoms with Crippen molar-refractivity contribution in [1.82, 2.24) is 5.43 Å². The highest BCUT2D eigenvalue weighted by atomic mass is 16.5. The number of nitrogens with zero attached hydrogens (tertiary/aromatic N) is 1. The summed E-state index contributed by atoms with van der Waals surface area (Å²) in [6, 6.07) is 1.59. The molecule has 0 fully saturated rings. The lowest BCUT2D eigenvalue weighted by Crippen LogP contribution is -2.40. The number of benzene rings is 1. The number of phenols is 2. The fourth-order valence-electron chi connectivity index (χ4n) is 1.18. The predicted molar refractivity (Wildman–Crippen MR) is 67.1 cm³/mol. The van der Waals surface area contributed by atoms with Crippen molar-refractivity contribution in [3.05, 3.63) is 17.7 Å². The first-order valence-electron chi connectivity index (χ1n) is 5.29. The van der Waals surface area contributed by atoms with Gasteiger partial charge in [0.15, 0.2) is 11.5 Å². The summed E-state index contributed by atoms with van der Waals surface area (Å²) < 4.78 is 4.84. The van der Waals surface area contributed by atoms with Gasteiger partial charge in [0.25, 0.3) is 5.91 Å². The standard InChI is InChI=1S/C11H15N3O5/c1-19-9-3-6(2-8(16)10(9)17)4-13-14-11(18)7(12)5-15/h2-4,7,15-17H,5,12H2,1H3,(H,14,18). The Morgan fingerprint density at radius 3 is 2.84 bits per heavy atom. The van der Waals surface area contributed by atoms with Crippen molar-refractivity contribution in [3.63, 3.8) is 0 Å². The van der Waals surface area contributed by atoms with Crippen LogP contribution >= 0.6 is 0 Å². The molecular weight excluding hydrogens is 254 g/mol.